The third-order valence-corrected chi connectivity index (χ3v) is 7.01. The van der Waals surface area contributed by atoms with Crippen LogP contribution in [0.15, 0.2) is 88.6 Å². The van der Waals surface area contributed by atoms with Crippen molar-refractivity contribution in [3.05, 3.63) is 123 Å². The van der Waals surface area contributed by atoms with Gasteiger partial charge in [0.2, 0.25) is 0 Å². The number of carbonyl (C=O) groups excluding carboxylic acids is 1. The fourth-order valence-electron chi connectivity index (χ4n) is 5.08. The summed E-state index contributed by atoms with van der Waals surface area (Å²) in [6.45, 7) is 0. The highest BCUT2D eigenvalue weighted by molar-refractivity contribution is 5.95. The number of carbonyl (C=O) groups is 1. The number of pyridine rings is 1. The third-order valence-electron chi connectivity index (χ3n) is 7.01. The van der Waals surface area contributed by atoms with Gasteiger partial charge in [-0.3, -0.25) is 14.6 Å². The first-order valence-corrected chi connectivity index (χ1v) is 12.8. The molecule has 8 heteroatoms. The zero-order chi connectivity index (χ0) is 25.9. The Morgan fingerprint density at radius 3 is 2.79 bits per heavy atom. The van der Waals surface area contributed by atoms with Crippen molar-refractivity contribution >= 4 is 22.5 Å². The molecule has 190 valence electrons. The molecule has 5 aromatic rings. The Kier molecular flexibility index (Phi) is 6.44. The Morgan fingerprint density at radius 1 is 1.03 bits per heavy atom. The van der Waals surface area contributed by atoms with Crippen molar-refractivity contribution < 1.29 is 9.21 Å². The lowest BCUT2D eigenvalue weighted by Gasteiger charge is -2.21. The molecule has 0 fully saturated rings. The lowest BCUT2D eigenvalue weighted by molar-refractivity contribution is 0.0941. The van der Waals surface area contributed by atoms with Gasteiger partial charge in [0.15, 0.2) is 0 Å². The van der Waals surface area contributed by atoms with Crippen LogP contribution >= 0.6 is 0 Å². The van der Waals surface area contributed by atoms with Crippen molar-refractivity contribution in [2.45, 2.75) is 38.3 Å². The Labute approximate surface area is 219 Å². The topological polar surface area (TPSA) is 113 Å². The van der Waals surface area contributed by atoms with Gasteiger partial charge in [-0.2, -0.15) is 5.10 Å². The van der Waals surface area contributed by atoms with Gasteiger partial charge in [-0.1, -0.05) is 18.2 Å². The van der Waals surface area contributed by atoms with Crippen LogP contribution in [0.4, 0.5) is 5.69 Å². The standard InChI is InChI=1S/C30H27N5O3/c36-29(21-6-3-5-19(15-21)16-27-24-8-1-2-9-25(24)30(37)35-34-27)33-28(22-12-14-38-18-22)32-23-10-11-26-20(17-23)7-4-13-31-26/h3-7,10-15,17-18,28,32H,1-2,8-9,16H2,(H,33,36)(H,35,37). The predicted octanol–water partition coefficient (Wildman–Crippen LogP) is 4.92. The van der Waals surface area contributed by atoms with Gasteiger partial charge in [0.25, 0.3) is 11.5 Å². The van der Waals surface area contributed by atoms with Gasteiger partial charge in [-0.25, -0.2) is 5.10 Å². The molecule has 3 heterocycles. The van der Waals surface area contributed by atoms with Crippen LogP contribution in [-0.4, -0.2) is 21.1 Å². The first-order valence-electron chi connectivity index (χ1n) is 12.8. The number of hydrogen-bond acceptors (Lipinski definition) is 6. The van der Waals surface area contributed by atoms with Gasteiger partial charge in [0.05, 0.1) is 23.7 Å². The molecular formula is C30H27N5O3. The highest BCUT2D eigenvalue weighted by Crippen LogP contribution is 2.24. The second-order valence-corrected chi connectivity index (χ2v) is 9.56. The number of nitrogens with one attached hydrogen (secondary N) is 3. The zero-order valence-electron chi connectivity index (χ0n) is 20.7. The molecule has 0 aliphatic heterocycles. The van der Waals surface area contributed by atoms with E-state index in [1.165, 1.54) is 0 Å². The van der Waals surface area contributed by atoms with Crippen LogP contribution in [-0.2, 0) is 19.3 Å². The summed E-state index contributed by atoms with van der Waals surface area (Å²) in [7, 11) is 0. The predicted molar refractivity (Wildman–Crippen MR) is 145 cm³/mol. The molecule has 38 heavy (non-hydrogen) atoms. The summed E-state index contributed by atoms with van der Waals surface area (Å²) < 4.78 is 5.30. The average molecular weight is 506 g/mol. The maximum Gasteiger partial charge on any atom is 0.267 e. The van der Waals surface area contributed by atoms with E-state index in [-0.39, 0.29) is 11.5 Å². The number of aromatic nitrogens is 3. The minimum atomic E-state index is -0.507. The molecule has 3 aromatic heterocycles. The van der Waals surface area contributed by atoms with Crippen LogP contribution < -0.4 is 16.2 Å². The van der Waals surface area contributed by atoms with Crippen molar-refractivity contribution in [1.82, 2.24) is 20.5 Å². The Morgan fingerprint density at radius 2 is 1.92 bits per heavy atom. The third kappa shape index (κ3) is 4.93. The van der Waals surface area contributed by atoms with E-state index in [4.69, 9.17) is 4.42 Å². The van der Waals surface area contributed by atoms with Gasteiger partial charge in [0, 0.05) is 40.4 Å². The second kappa shape index (κ2) is 10.3. The minimum absolute atomic E-state index is 0.0861. The molecule has 1 aliphatic carbocycles. The van der Waals surface area contributed by atoms with Crippen LogP contribution in [0.25, 0.3) is 10.9 Å². The molecule has 8 nitrogen and oxygen atoms in total. The lowest BCUT2D eigenvalue weighted by Crippen LogP contribution is -2.33. The average Bonchev–Trinajstić information content (AvgIpc) is 3.50. The summed E-state index contributed by atoms with van der Waals surface area (Å²) in [5, 5.41) is 14.5. The number of fused-ring (bicyclic) bond motifs is 2. The van der Waals surface area contributed by atoms with E-state index >= 15 is 0 Å². The molecule has 1 amide bonds. The first-order chi connectivity index (χ1) is 18.6. The van der Waals surface area contributed by atoms with Crippen molar-refractivity contribution in [1.29, 1.82) is 0 Å². The molecule has 0 saturated carbocycles. The van der Waals surface area contributed by atoms with Crippen LogP contribution in [0.3, 0.4) is 0 Å². The van der Waals surface area contributed by atoms with Crippen molar-refractivity contribution in [2.24, 2.45) is 0 Å². The van der Waals surface area contributed by atoms with Crippen LogP contribution in [0.2, 0.25) is 0 Å². The van der Waals surface area contributed by atoms with E-state index < -0.39 is 6.17 Å². The molecule has 1 unspecified atom stereocenters. The maximum atomic E-state index is 13.4. The summed E-state index contributed by atoms with van der Waals surface area (Å²) in [5.74, 6) is -0.218. The highest BCUT2D eigenvalue weighted by Gasteiger charge is 2.20. The minimum Gasteiger partial charge on any atom is -0.472 e. The van der Waals surface area contributed by atoms with E-state index in [9.17, 15) is 9.59 Å². The van der Waals surface area contributed by atoms with Gasteiger partial charge in [0.1, 0.15) is 6.17 Å². The number of rotatable bonds is 7. The molecule has 1 aliphatic rings. The van der Waals surface area contributed by atoms with Crippen LogP contribution in [0, 0.1) is 0 Å². The Bertz CT molecular complexity index is 1660. The quantitative estimate of drug-likeness (QED) is 0.271. The number of hydrogen-bond donors (Lipinski definition) is 3. The van der Waals surface area contributed by atoms with E-state index in [1.807, 2.05) is 54.6 Å². The summed E-state index contributed by atoms with van der Waals surface area (Å²) >= 11 is 0. The fourth-order valence-corrected chi connectivity index (χ4v) is 5.08. The van der Waals surface area contributed by atoms with E-state index in [0.29, 0.717) is 12.0 Å². The SMILES string of the molecule is O=C(NC(Nc1ccc2ncccc2c1)c1ccoc1)c1cccc(Cc2n[nH]c(=O)c3c2CCCC3)c1. The van der Waals surface area contributed by atoms with Crippen molar-refractivity contribution in [2.75, 3.05) is 5.32 Å². The molecule has 3 N–H and O–H groups in total. The Hall–Kier alpha value is -4.72. The summed E-state index contributed by atoms with van der Waals surface area (Å²) in [5.41, 5.74) is 6.75. The molecule has 0 radical (unpaired) electrons. The van der Waals surface area contributed by atoms with Crippen molar-refractivity contribution in [3.8, 4) is 0 Å². The highest BCUT2D eigenvalue weighted by atomic mass is 16.3. The smallest absolute Gasteiger partial charge is 0.267 e. The summed E-state index contributed by atoms with van der Waals surface area (Å²) in [6.07, 6.45) is 8.74. The molecule has 0 bridgehead atoms. The van der Waals surface area contributed by atoms with Gasteiger partial charge < -0.3 is 15.1 Å². The second-order valence-electron chi connectivity index (χ2n) is 9.56. The molecule has 6 rings (SSSR count). The molecular weight excluding hydrogens is 478 g/mol. The van der Waals surface area contributed by atoms with E-state index in [0.717, 1.165) is 70.2 Å². The molecule has 0 saturated heterocycles. The normalized spacial score (nSPS) is 13.6. The van der Waals surface area contributed by atoms with Gasteiger partial charge in [-0.05, 0) is 79.3 Å². The zero-order valence-corrected chi connectivity index (χ0v) is 20.7. The molecule has 0 spiro atoms. The Balaban J connectivity index is 1.23. The number of aromatic amines is 1. The van der Waals surface area contributed by atoms with Crippen LogP contribution in [0.5, 0.6) is 0 Å². The summed E-state index contributed by atoms with van der Waals surface area (Å²) in [6, 6.07) is 19.1. The first kappa shape index (κ1) is 23.7. The lowest BCUT2D eigenvalue weighted by atomic mass is 9.90. The number of H-pyrrole nitrogens is 1. The number of anilines is 1. The van der Waals surface area contributed by atoms with Gasteiger partial charge >= 0.3 is 0 Å². The monoisotopic (exact) mass is 505 g/mol. The molecule has 1 atom stereocenters. The maximum absolute atomic E-state index is 13.4. The van der Waals surface area contributed by atoms with Gasteiger partial charge in [-0.15, -0.1) is 0 Å². The number of furan rings is 1. The number of amides is 1. The fraction of sp³-hybridized carbons (Fsp3) is 0.200. The van der Waals surface area contributed by atoms with Crippen LogP contribution in [0.1, 0.15) is 57.3 Å². The number of nitrogens with zero attached hydrogens (tertiary/aromatic N) is 2. The van der Waals surface area contributed by atoms with Crippen molar-refractivity contribution in [3.63, 3.8) is 0 Å². The van der Waals surface area contributed by atoms with E-state index in [2.05, 4.69) is 25.8 Å². The number of benzene rings is 2. The largest absolute Gasteiger partial charge is 0.472 e. The van der Waals surface area contributed by atoms with E-state index in [1.54, 1.807) is 24.8 Å². The summed E-state index contributed by atoms with van der Waals surface area (Å²) in [4.78, 5) is 30.0. The molecule has 2 aromatic carbocycles.